The van der Waals surface area contributed by atoms with E-state index in [2.05, 4.69) is 65.8 Å². The molecule has 0 aromatic heterocycles. The molecule has 0 aliphatic heterocycles. The van der Waals surface area contributed by atoms with Crippen molar-refractivity contribution in [1.82, 2.24) is 0 Å². The molecule has 0 unspecified atom stereocenters. The molecule has 1 nitrogen and oxygen atoms in total. The van der Waals surface area contributed by atoms with Crippen LogP contribution in [0.2, 0.25) is 0 Å². The van der Waals surface area contributed by atoms with E-state index in [4.69, 9.17) is 5.73 Å². The minimum Gasteiger partial charge on any atom is -0.321 e. The van der Waals surface area contributed by atoms with E-state index >= 15 is 0 Å². The maximum Gasteiger partial charge on any atom is 0.0419 e. The van der Waals surface area contributed by atoms with Gasteiger partial charge in [-0.25, -0.2) is 0 Å². The van der Waals surface area contributed by atoms with Crippen molar-refractivity contribution in [2.24, 2.45) is 22.5 Å². The van der Waals surface area contributed by atoms with E-state index in [0.29, 0.717) is 16.7 Å². The van der Waals surface area contributed by atoms with Crippen molar-refractivity contribution in [2.45, 2.75) is 72.8 Å². The van der Waals surface area contributed by atoms with Crippen molar-refractivity contribution in [3.05, 3.63) is 35.4 Å². The van der Waals surface area contributed by atoms with Gasteiger partial charge in [0.2, 0.25) is 0 Å². The van der Waals surface area contributed by atoms with E-state index in [9.17, 15) is 0 Å². The Bertz CT molecular complexity index is 480. The molecule has 0 heterocycles. The Kier molecular flexibility index (Phi) is 4.28. The van der Waals surface area contributed by atoms with Gasteiger partial charge in [-0.1, -0.05) is 65.8 Å². The first-order chi connectivity index (χ1) is 9.51. The second-order valence-corrected chi connectivity index (χ2v) is 9.31. The van der Waals surface area contributed by atoms with Gasteiger partial charge in [0.05, 0.1) is 0 Å². The highest BCUT2D eigenvalue weighted by molar-refractivity contribution is 5.31. The van der Waals surface area contributed by atoms with E-state index in [-0.39, 0.29) is 5.54 Å². The molecule has 1 aliphatic carbocycles. The number of nitrogens with two attached hydrogens (primary N) is 1. The minimum atomic E-state index is -0.182. The smallest absolute Gasteiger partial charge is 0.0419 e. The van der Waals surface area contributed by atoms with Gasteiger partial charge in [0, 0.05) is 5.54 Å². The van der Waals surface area contributed by atoms with E-state index in [1.165, 1.54) is 17.5 Å². The van der Waals surface area contributed by atoms with E-state index in [1.807, 2.05) is 0 Å². The van der Waals surface area contributed by atoms with Crippen molar-refractivity contribution in [3.8, 4) is 0 Å². The molecule has 1 aromatic rings. The van der Waals surface area contributed by atoms with Crippen LogP contribution in [0.1, 0.15) is 71.9 Å². The molecule has 0 amide bonds. The van der Waals surface area contributed by atoms with Crippen LogP contribution in [0.25, 0.3) is 0 Å². The first-order valence-electron chi connectivity index (χ1n) is 8.40. The molecule has 1 aromatic carbocycles. The van der Waals surface area contributed by atoms with Crippen LogP contribution in [0.3, 0.4) is 0 Å². The summed E-state index contributed by atoms with van der Waals surface area (Å²) in [5.74, 6) is 0.688. The van der Waals surface area contributed by atoms with Crippen LogP contribution >= 0.6 is 0 Å². The molecule has 0 spiro atoms. The molecule has 118 valence electrons. The molecular formula is C20H33N. The Morgan fingerprint density at radius 3 is 2.10 bits per heavy atom. The first kappa shape index (κ1) is 16.5. The summed E-state index contributed by atoms with van der Waals surface area (Å²) in [5.41, 5.74) is 10.1. The number of rotatable bonds is 3. The van der Waals surface area contributed by atoms with E-state index < -0.39 is 0 Å². The van der Waals surface area contributed by atoms with Crippen LogP contribution in [-0.4, -0.2) is 0 Å². The molecule has 0 radical (unpaired) electrons. The Balaban J connectivity index is 2.34. The predicted octanol–water partition coefficient (Wildman–Crippen LogP) is 5.28. The zero-order valence-electron chi connectivity index (χ0n) is 14.8. The number of hydrogen-bond acceptors (Lipinski definition) is 1. The summed E-state index contributed by atoms with van der Waals surface area (Å²) < 4.78 is 0. The summed E-state index contributed by atoms with van der Waals surface area (Å²) in [5, 5.41) is 0. The van der Waals surface area contributed by atoms with Crippen molar-refractivity contribution in [1.29, 1.82) is 0 Å². The van der Waals surface area contributed by atoms with Crippen LogP contribution in [0.5, 0.6) is 0 Å². The van der Waals surface area contributed by atoms with Gasteiger partial charge >= 0.3 is 0 Å². The molecule has 0 saturated heterocycles. The normalized spacial score (nSPS) is 23.2. The van der Waals surface area contributed by atoms with Gasteiger partial charge in [0.1, 0.15) is 0 Å². The molecule has 0 atom stereocenters. The maximum atomic E-state index is 6.93. The third-order valence-electron chi connectivity index (χ3n) is 4.69. The molecule has 2 N–H and O–H groups in total. The average molecular weight is 287 g/mol. The Morgan fingerprint density at radius 1 is 1.00 bits per heavy atom. The van der Waals surface area contributed by atoms with Crippen LogP contribution in [0, 0.1) is 16.7 Å². The van der Waals surface area contributed by atoms with Gasteiger partial charge < -0.3 is 5.73 Å². The van der Waals surface area contributed by atoms with Gasteiger partial charge in [-0.05, 0) is 53.6 Å². The van der Waals surface area contributed by atoms with E-state index in [0.717, 1.165) is 19.3 Å². The standard InChI is InChI=1S/C20H33N/c1-15(2)10-16-8-7-9-17(11-16)20(21)13-18(3,4)12-19(5,6)14-20/h7-9,11,15H,10,12-14,21H2,1-6H3. The second kappa shape index (κ2) is 5.43. The summed E-state index contributed by atoms with van der Waals surface area (Å²) in [6.07, 6.45) is 4.55. The highest BCUT2D eigenvalue weighted by Gasteiger charge is 2.46. The van der Waals surface area contributed by atoms with Crippen molar-refractivity contribution in [3.63, 3.8) is 0 Å². The molecule has 1 fully saturated rings. The summed E-state index contributed by atoms with van der Waals surface area (Å²) in [6, 6.07) is 9.03. The third-order valence-corrected chi connectivity index (χ3v) is 4.69. The predicted molar refractivity (Wildman–Crippen MR) is 92.3 cm³/mol. The van der Waals surface area contributed by atoms with Crippen molar-refractivity contribution >= 4 is 0 Å². The second-order valence-electron chi connectivity index (χ2n) is 9.31. The number of hydrogen-bond donors (Lipinski definition) is 1. The van der Waals surface area contributed by atoms with E-state index in [1.54, 1.807) is 0 Å². The highest BCUT2D eigenvalue weighted by atomic mass is 14.8. The quantitative estimate of drug-likeness (QED) is 0.804. The lowest BCUT2D eigenvalue weighted by Gasteiger charge is -2.50. The Labute approximate surface area is 131 Å². The largest absolute Gasteiger partial charge is 0.321 e. The fourth-order valence-electron chi connectivity index (χ4n) is 4.87. The molecular weight excluding hydrogens is 254 g/mol. The first-order valence-corrected chi connectivity index (χ1v) is 8.40. The zero-order valence-corrected chi connectivity index (χ0v) is 14.8. The topological polar surface area (TPSA) is 26.0 Å². The SMILES string of the molecule is CC(C)Cc1cccc(C2(N)CC(C)(C)CC(C)(C)C2)c1. The monoisotopic (exact) mass is 287 g/mol. The average Bonchev–Trinajstić information content (AvgIpc) is 2.23. The van der Waals surface area contributed by atoms with Crippen LogP contribution in [-0.2, 0) is 12.0 Å². The van der Waals surface area contributed by atoms with Crippen LogP contribution in [0.15, 0.2) is 24.3 Å². The summed E-state index contributed by atoms with van der Waals surface area (Å²) in [4.78, 5) is 0. The van der Waals surface area contributed by atoms with Gasteiger partial charge in [0.15, 0.2) is 0 Å². The molecule has 0 bridgehead atoms. The fraction of sp³-hybridized carbons (Fsp3) is 0.700. The summed E-state index contributed by atoms with van der Waals surface area (Å²) in [7, 11) is 0. The molecule has 1 aliphatic rings. The minimum absolute atomic E-state index is 0.182. The van der Waals surface area contributed by atoms with Gasteiger partial charge in [-0.3, -0.25) is 0 Å². The van der Waals surface area contributed by atoms with Gasteiger partial charge in [0.25, 0.3) is 0 Å². The van der Waals surface area contributed by atoms with Gasteiger partial charge in [-0.2, -0.15) is 0 Å². The summed E-state index contributed by atoms with van der Waals surface area (Å²) >= 11 is 0. The van der Waals surface area contributed by atoms with Crippen LogP contribution in [0.4, 0.5) is 0 Å². The lowest BCUT2D eigenvalue weighted by molar-refractivity contribution is 0.0470. The molecule has 21 heavy (non-hydrogen) atoms. The number of benzene rings is 1. The lowest BCUT2D eigenvalue weighted by Crippen LogP contribution is -2.49. The van der Waals surface area contributed by atoms with Crippen molar-refractivity contribution < 1.29 is 0 Å². The highest BCUT2D eigenvalue weighted by Crippen LogP contribution is 2.52. The lowest BCUT2D eigenvalue weighted by atomic mass is 9.57. The maximum absolute atomic E-state index is 6.93. The Hall–Kier alpha value is -0.820. The van der Waals surface area contributed by atoms with Crippen LogP contribution < -0.4 is 5.73 Å². The molecule has 1 heteroatoms. The third kappa shape index (κ3) is 4.10. The summed E-state index contributed by atoms with van der Waals surface area (Å²) in [6.45, 7) is 14.0. The van der Waals surface area contributed by atoms with Gasteiger partial charge in [-0.15, -0.1) is 0 Å². The zero-order chi connectivity index (χ0) is 15.9. The Morgan fingerprint density at radius 2 is 1.57 bits per heavy atom. The molecule has 2 rings (SSSR count). The molecule has 1 saturated carbocycles. The van der Waals surface area contributed by atoms with Crippen molar-refractivity contribution in [2.75, 3.05) is 0 Å². The fourth-order valence-corrected chi connectivity index (χ4v) is 4.87.